The van der Waals surface area contributed by atoms with Crippen molar-refractivity contribution in [3.63, 3.8) is 0 Å². The maximum absolute atomic E-state index is 11.8. The summed E-state index contributed by atoms with van der Waals surface area (Å²) in [6.07, 6.45) is -0.767. The number of aliphatic hydroxyl groups is 1. The zero-order valence-corrected chi connectivity index (χ0v) is 13.4. The topological polar surface area (TPSA) is 137 Å². The Kier molecular flexibility index (Phi) is 6.06. The van der Waals surface area contributed by atoms with Crippen molar-refractivity contribution in [2.75, 3.05) is 19.0 Å². The fourth-order valence-electron chi connectivity index (χ4n) is 1.76. The van der Waals surface area contributed by atoms with Crippen molar-refractivity contribution in [2.45, 2.75) is 32.4 Å². The zero-order chi connectivity index (χ0) is 17.6. The fraction of sp³-hybridized carbons (Fsp3) is 0.500. The molecule has 0 aliphatic heterocycles. The van der Waals surface area contributed by atoms with E-state index in [2.05, 4.69) is 15.3 Å². The van der Waals surface area contributed by atoms with E-state index in [-0.39, 0.29) is 17.2 Å². The molecule has 1 rings (SSSR count). The molecule has 3 N–H and O–H groups in total. The number of aliphatic hydroxyl groups excluding tert-OH is 1. The van der Waals surface area contributed by atoms with E-state index in [9.17, 15) is 15.0 Å². The molecule has 23 heavy (non-hydrogen) atoms. The average molecular weight is 324 g/mol. The molecule has 1 unspecified atom stereocenters. The second-order valence-electron chi connectivity index (χ2n) is 5.65. The van der Waals surface area contributed by atoms with Crippen molar-refractivity contribution in [1.82, 2.24) is 0 Å². The van der Waals surface area contributed by atoms with Crippen LogP contribution in [-0.4, -0.2) is 35.6 Å². The molecule has 0 saturated heterocycles. The maximum atomic E-state index is 11.8. The number of amides is 1. The standard InChI is InChI=1S/C14H20N4O5/c1-14(2,3)23-13(21)16-9-5-8(10(7-19)17-18-15)6-11(22-4)12(9)20/h5-6,10,19-20H,7H2,1-4H3,(H,16,21). The fourth-order valence-corrected chi connectivity index (χ4v) is 1.76. The first-order valence-electron chi connectivity index (χ1n) is 6.77. The number of hydrogen-bond donors (Lipinski definition) is 3. The van der Waals surface area contributed by atoms with Crippen LogP contribution in [0.4, 0.5) is 10.5 Å². The molecule has 0 aromatic heterocycles. The zero-order valence-electron chi connectivity index (χ0n) is 13.4. The molecule has 0 fully saturated rings. The first kappa shape index (κ1) is 18.4. The predicted molar refractivity (Wildman–Crippen MR) is 83.5 cm³/mol. The highest BCUT2D eigenvalue weighted by atomic mass is 16.6. The Morgan fingerprint density at radius 1 is 1.48 bits per heavy atom. The number of ether oxygens (including phenoxy) is 2. The van der Waals surface area contributed by atoms with Gasteiger partial charge >= 0.3 is 6.09 Å². The number of aromatic hydroxyl groups is 1. The molecule has 0 heterocycles. The van der Waals surface area contributed by atoms with Crippen LogP contribution in [0.1, 0.15) is 32.4 Å². The van der Waals surface area contributed by atoms with Gasteiger partial charge in [0.05, 0.1) is 25.4 Å². The second-order valence-corrected chi connectivity index (χ2v) is 5.65. The monoisotopic (exact) mass is 324 g/mol. The molecule has 0 aliphatic carbocycles. The molecule has 1 atom stereocenters. The Labute approximate surface area is 133 Å². The van der Waals surface area contributed by atoms with Gasteiger partial charge in [-0.3, -0.25) is 5.32 Å². The van der Waals surface area contributed by atoms with Gasteiger partial charge in [-0.25, -0.2) is 4.79 Å². The minimum absolute atomic E-state index is 0.0141. The number of hydrogen-bond acceptors (Lipinski definition) is 6. The van der Waals surface area contributed by atoms with Crippen molar-refractivity contribution < 1.29 is 24.5 Å². The lowest BCUT2D eigenvalue weighted by Crippen LogP contribution is -2.27. The van der Waals surface area contributed by atoms with Gasteiger partial charge in [0.25, 0.3) is 0 Å². The lowest BCUT2D eigenvalue weighted by Gasteiger charge is -2.21. The van der Waals surface area contributed by atoms with Gasteiger partial charge in [-0.2, -0.15) is 0 Å². The molecule has 1 amide bonds. The van der Waals surface area contributed by atoms with Crippen LogP contribution in [0.25, 0.3) is 10.4 Å². The molecule has 0 aliphatic rings. The van der Waals surface area contributed by atoms with Crippen LogP contribution in [0.3, 0.4) is 0 Å². The number of anilines is 1. The van der Waals surface area contributed by atoms with Gasteiger partial charge in [0.15, 0.2) is 11.5 Å². The Bertz CT molecular complexity index is 620. The summed E-state index contributed by atoms with van der Waals surface area (Å²) in [4.78, 5) is 14.5. The Balaban J connectivity index is 3.20. The van der Waals surface area contributed by atoms with Crippen molar-refractivity contribution >= 4 is 11.8 Å². The number of nitrogens with one attached hydrogen (secondary N) is 1. The highest BCUT2D eigenvalue weighted by Crippen LogP contribution is 2.38. The number of nitrogens with zero attached hydrogens (tertiary/aromatic N) is 3. The van der Waals surface area contributed by atoms with Crippen LogP contribution in [0.5, 0.6) is 11.5 Å². The summed E-state index contributed by atoms with van der Waals surface area (Å²) >= 11 is 0. The summed E-state index contributed by atoms with van der Waals surface area (Å²) in [7, 11) is 1.33. The molecule has 9 nitrogen and oxygen atoms in total. The number of methoxy groups -OCH3 is 1. The molecular weight excluding hydrogens is 304 g/mol. The Morgan fingerprint density at radius 2 is 2.13 bits per heavy atom. The van der Waals surface area contributed by atoms with E-state index in [1.165, 1.54) is 19.2 Å². The third kappa shape index (κ3) is 5.24. The summed E-state index contributed by atoms with van der Waals surface area (Å²) in [6, 6.07) is 1.90. The van der Waals surface area contributed by atoms with Gasteiger partial charge in [0.1, 0.15) is 5.60 Å². The number of carbonyl (C=O) groups is 1. The van der Waals surface area contributed by atoms with E-state index in [1.807, 2.05) is 0 Å². The molecule has 0 radical (unpaired) electrons. The van der Waals surface area contributed by atoms with Gasteiger partial charge in [-0.1, -0.05) is 5.11 Å². The Morgan fingerprint density at radius 3 is 2.61 bits per heavy atom. The van der Waals surface area contributed by atoms with Gasteiger partial charge in [-0.05, 0) is 44.0 Å². The van der Waals surface area contributed by atoms with Gasteiger partial charge < -0.3 is 19.7 Å². The molecule has 9 heteroatoms. The lowest BCUT2D eigenvalue weighted by atomic mass is 10.1. The van der Waals surface area contributed by atoms with E-state index in [4.69, 9.17) is 15.0 Å². The predicted octanol–water partition coefficient (Wildman–Crippen LogP) is 3.09. The minimum atomic E-state index is -0.881. The average Bonchev–Trinajstić information content (AvgIpc) is 2.45. The number of rotatable bonds is 5. The van der Waals surface area contributed by atoms with Crippen LogP contribution >= 0.6 is 0 Å². The summed E-state index contributed by atoms with van der Waals surface area (Å²) in [6.45, 7) is 4.66. The SMILES string of the molecule is COc1cc(C(CO)N=[N+]=[N-])cc(NC(=O)OC(C)(C)C)c1O. The molecule has 126 valence electrons. The Hall–Kier alpha value is -2.64. The van der Waals surface area contributed by atoms with Gasteiger partial charge in [0, 0.05) is 4.91 Å². The summed E-state index contributed by atoms with van der Waals surface area (Å²) in [5.74, 6) is -0.250. The third-order valence-electron chi connectivity index (χ3n) is 2.70. The molecule has 0 saturated carbocycles. The quantitative estimate of drug-likeness (QED) is 0.331. The van der Waals surface area contributed by atoms with E-state index in [0.29, 0.717) is 5.56 Å². The van der Waals surface area contributed by atoms with Crippen molar-refractivity contribution in [2.24, 2.45) is 5.11 Å². The molecule has 1 aromatic carbocycles. The van der Waals surface area contributed by atoms with Crippen LogP contribution in [0.15, 0.2) is 17.2 Å². The molecule has 1 aromatic rings. The molecule has 0 bridgehead atoms. The number of benzene rings is 1. The summed E-state index contributed by atoms with van der Waals surface area (Å²) < 4.78 is 10.1. The van der Waals surface area contributed by atoms with E-state index in [0.717, 1.165) is 0 Å². The van der Waals surface area contributed by atoms with Crippen LogP contribution in [0.2, 0.25) is 0 Å². The van der Waals surface area contributed by atoms with Crippen LogP contribution in [-0.2, 0) is 4.74 Å². The van der Waals surface area contributed by atoms with Gasteiger partial charge in [-0.15, -0.1) is 0 Å². The van der Waals surface area contributed by atoms with Crippen molar-refractivity contribution in [1.29, 1.82) is 0 Å². The number of phenols is 1. The first-order chi connectivity index (χ1) is 10.7. The van der Waals surface area contributed by atoms with Crippen molar-refractivity contribution in [3.8, 4) is 11.5 Å². The van der Waals surface area contributed by atoms with Gasteiger partial charge in [0.2, 0.25) is 0 Å². The molecule has 0 spiro atoms. The second kappa shape index (κ2) is 7.57. The summed E-state index contributed by atoms with van der Waals surface area (Å²) in [5, 5.41) is 25.2. The normalized spacial score (nSPS) is 12.0. The van der Waals surface area contributed by atoms with Crippen molar-refractivity contribution in [3.05, 3.63) is 28.1 Å². The van der Waals surface area contributed by atoms with E-state index in [1.54, 1.807) is 20.8 Å². The number of phenolic OH excluding ortho intramolecular Hbond substituents is 1. The summed E-state index contributed by atoms with van der Waals surface area (Å²) in [5.41, 5.74) is 8.20. The molecular formula is C14H20N4O5. The largest absolute Gasteiger partial charge is 0.503 e. The minimum Gasteiger partial charge on any atom is -0.503 e. The van der Waals surface area contributed by atoms with Crippen LogP contribution in [0, 0.1) is 0 Å². The maximum Gasteiger partial charge on any atom is 0.412 e. The smallest absolute Gasteiger partial charge is 0.412 e. The number of carbonyl (C=O) groups excluding carboxylic acids is 1. The third-order valence-corrected chi connectivity index (χ3v) is 2.70. The highest BCUT2D eigenvalue weighted by molar-refractivity contribution is 5.88. The first-order valence-corrected chi connectivity index (χ1v) is 6.77. The van der Waals surface area contributed by atoms with E-state index < -0.39 is 24.3 Å². The number of azide groups is 1. The van der Waals surface area contributed by atoms with Crippen LogP contribution < -0.4 is 10.1 Å². The lowest BCUT2D eigenvalue weighted by molar-refractivity contribution is 0.0635. The van der Waals surface area contributed by atoms with E-state index >= 15 is 0 Å². The highest BCUT2D eigenvalue weighted by Gasteiger charge is 2.20.